The van der Waals surface area contributed by atoms with E-state index in [0.717, 1.165) is 0 Å². The minimum absolute atomic E-state index is 0.0157. The Kier molecular flexibility index (Phi) is 3.90. The number of rotatable bonds is 2. The number of Topliss-reactive ketones (excluding diaryl/α,β-unsaturated/α-hetero) is 1. The predicted octanol–water partition coefficient (Wildman–Crippen LogP) is 2.38. The maximum absolute atomic E-state index is 12.3. The van der Waals surface area contributed by atoms with E-state index in [1.807, 2.05) is 0 Å². The van der Waals surface area contributed by atoms with E-state index < -0.39 is 0 Å². The van der Waals surface area contributed by atoms with E-state index in [2.05, 4.69) is 5.32 Å². The van der Waals surface area contributed by atoms with Crippen LogP contribution >= 0.6 is 11.6 Å². The molecule has 1 aromatic carbocycles. The maximum atomic E-state index is 12.3. The summed E-state index contributed by atoms with van der Waals surface area (Å²) >= 11 is 5.94. The number of halogens is 1. The first kappa shape index (κ1) is 13.6. The lowest BCUT2D eigenvalue weighted by Gasteiger charge is -2.30. The van der Waals surface area contributed by atoms with Gasteiger partial charge >= 0.3 is 0 Å². The predicted molar refractivity (Wildman–Crippen MR) is 75.6 cm³/mol. The van der Waals surface area contributed by atoms with Gasteiger partial charge in [-0.15, -0.1) is 0 Å². The van der Waals surface area contributed by atoms with Gasteiger partial charge < -0.3 is 10.2 Å². The molecule has 1 heterocycles. The van der Waals surface area contributed by atoms with Crippen molar-refractivity contribution in [1.82, 2.24) is 5.32 Å². The number of carbonyl (C=O) groups is 2. The zero-order valence-corrected chi connectivity index (χ0v) is 11.6. The van der Waals surface area contributed by atoms with Crippen LogP contribution in [0.5, 0.6) is 0 Å². The molecular formula is C14H15ClN2O2. The number of fused-ring (bicyclic) bond motifs is 1. The van der Waals surface area contributed by atoms with E-state index >= 15 is 0 Å². The summed E-state index contributed by atoms with van der Waals surface area (Å²) in [5.74, 6) is -0.106. The lowest BCUT2D eigenvalue weighted by Crippen LogP contribution is -2.39. The number of amides is 1. The summed E-state index contributed by atoms with van der Waals surface area (Å²) in [6.45, 7) is 2.09. The highest BCUT2D eigenvalue weighted by molar-refractivity contribution is 6.31. The topological polar surface area (TPSA) is 49.4 Å². The van der Waals surface area contributed by atoms with Gasteiger partial charge in [0.1, 0.15) is 0 Å². The molecule has 19 heavy (non-hydrogen) atoms. The lowest BCUT2D eigenvalue weighted by atomic mass is 9.96. The maximum Gasteiger partial charge on any atom is 0.227 e. The third-order valence-electron chi connectivity index (χ3n) is 3.04. The fourth-order valence-corrected chi connectivity index (χ4v) is 2.30. The summed E-state index contributed by atoms with van der Waals surface area (Å²) in [7, 11) is 1.72. The van der Waals surface area contributed by atoms with Crippen molar-refractivity contribution in [1.29, 1.82) is 0 Å². The second-order valence-electron chi connectivity index (χ2n) is 4.28. The molecule has 4 nitrogen and oxygen atoms in total. The number of ketones is 1. The van der Waals surface area contributed by atoms with Gasteiger partial charge in [0.25, 0.3) is 0 Å². The first-order valence-electron chi connectivity index (χ1n) is 6.09. The van der Waals surface area contributed by atoms with E-state index in [-0.39, 0.29) is 11.7 Å². The minimum atomic E-state index is -0.0907. The van der Waals surface area contributed by atoms with Crippen molar-refractivity contribution in [3.63, 3.8) is 0 Å². The van der Waals surface area contributed by atoms with Crippen molar-refractivity contribution in [2.24, 2.45) is 0 Å². The van der Waals surface area contributed by atoms with E-state index in [0.29, 0.717) is 34.8 Å². The zero-order chi connectivity index (χ0) is 14.0. The third kappa shape index (κ3) is 2.49. The van der Waals surface area contributed by atoms with Gasteiger partial charge in [0.05, 0.1) is 12.2 Å². The van der Waals surface area contributed by atoms with Crippen LogP contribution in [0.15, 0.2) is 30.0 Å². The van der Waals surface area contributed by atoms with Gasteiger partial charge in [-0.3, -0.25) is 9.59 Å². The molecule has 0 fully saturated rings. The molecule has 0 saturated carbocycles. The molecular weight excluding hydrogens is 264 g/mol. The Hall–Kier alpha value is -1.81. The fourth-order valence-electron chi connectivity index (χ4n) is 2.12. The van der Waals surface area contributed by atoms with E-state index in [9.17, 15) is 9.59 Å². The van der Waals surface area contributed by atoms with Crippen LogP contribution in [0, 0.1) is 0 Å². The molecule has 2 rings (SSSR count). The molecule has 1 aliphatic rings. The van der Waals surface area contributed by atoms with Gasteiger partial charge in [-0.25, -0.2) is 0 Å². The molecule has 0 saturated heterocycles. The van der Waals surface area contributed by atoms with Crippen LogP contribution in [0.4, 0.5) is 5.69 Å². The van der Waals surface area contributed by atoms with Gasteiger partial charge in [-0.2, -0.15) is 0 Å². The molecule has 0 aromatic heterocycles. The molecule has 0 aliphatic carbocycles. The second-order valence-corrected chi connectivity index (χ2v) is 4.72. The molecule has 0 atom stereocenters. The highest BCUT2D eigenvalue weighted by atomic mass is 35.5. The van der Waals surface area contributed by atoms with E-state index in [1.54, 1.807) is 43.3 Å². The Morgan fingerprint density at radius 1 is 1.53 bits per heavy atom. The molecule has 1 aliphatic heterocycles. The van der Waals surface area contributed by atoms with Gasteiger partial charge in [0.15, 0.2) is 5.78 Å². The van der Waals surface area contributed by atoms with Crippen LogP contribution in [0.25, 0.3) is 0 Å². The number of carbonyl (C=O) groups excluding carboxylic acids is 2. The Morgan fingerprint density at radius 2 is 2.26 bits per heavy atom. The fraction of sp³-hybridized carbons (Fsp3) is 0.286. The summed E-state index contributed by atoms with van der Waals surface area (Å²) in [4.78, 5) is 25.9. The summed E-state index contributed by atoms with van der Waals surface area (Å²) < 4.78 is 0. The molecule has 0 radical (unpaired) electrons. The zero-order valence-electron chi connectivity index (χ0n) is 10.9. The number of anilines is 1. The van der Waals surface area contributed by atoms with Gasteiger partial charge in [-0.05, 0) is 18.2 Å². The highest BCUT2D eigenvalue weighted by Gasteiger charge is 2.30. The van der Waals surface area contributed by atoms with Crippen LogP contribution in [-0.2, 0) is 4.79 Å². The number of nitrogens with one attached hydrogen (secondary N) is 1. The smallest absolute Gasteiger partial charge is 0.227 e. The van der Waals surface area contributed by atoms with Gasteiger partial charge in [0.2, 0.25) is 5.91 Å². The van der Waals surface area contributed by atoms with Crippen LogP contribution in [0.1, 0.15) is 23.7 Å². The Bertz CT molecular complexity index is 567. The molecule has 1 aromatic rings. The summed E-state index contributed by atoms with van der Waals surface area (Å²) in [6.07, 6.45) is 2.02. The molecule has 0 bridgehead atoms. The van der Waals surface area contributed by atoms with Crippen LogP contribution in [0.3, 0.4) is 0 Å². The van der Waals surface area contributed by atoms with Crippen LogP contribution in [0.2, 0.25) is 5.02 Å². The molecule has 1 amide bonds. The molecule has 1 N–H and O–H groups in total. The normalized spacial score (nSPS) is 16.5. The molecule has 5 heteroatoms. The molecule has 0 spiro atoms. The van der Waals surface area contributed by atoms with E-state index in [4.69, 9.17) is 11.6 Å². The van der Waals surface area contributed by atoms with Gasteiger partial charge in [-0.1, -0.05) is 18.5 Å². The average molecular weight is 279 g/mol. The molecule has 0 unspecified atom stereocenters. The molecule has 100 valence electrons. The van der Waals surface area contributed by atoms with Gasteiger partial charge in [0, 0.05) is 35.8 Å². The summed E-state index contributed by atoms with van der Waals surface area (Å²) in [6, 6.07) is 5.02. The van der Waals surface area contributed by atoms with Crippen molar-refractivity contribution in [3.05, 3.63) is 40.6 Å². The largest absolute Gasteiger partial charge is 0.394 e. The quantitative estimate of drug-likeness (QED) is 0.845. The first-order valence-corrected chi connectivity index (χ1v) is 6.47. The van der Waals surface area contributed by atoms with Crippen molar-refractivity contribution in [3.8, 4) is 0 Å². The van der Waals surface area contributed by atoms with Crippen molar-refractivity contribution in [2.45, 2.75) is 13.3 Å². The summed E-state index contributed by atoms with van der Waals surface area (Å²) in [5, 5.41) is 3.32. The van der Waals surface area contributed by atoms with Crippen LogP contribution in [-0.4, -0.2) is 25.3 Å². The van der Waals surface area contributed by atoms with Crippen molar-refractivity contribution >= 4 is 29.0 Å². The lowest BCUT2D eigenvalue weighted by molar-refractivity contribution is -0.118. The minimum Gasteiger partial charge on any atom is -0.394 e. The second kappa shape index (κ2) is 5.45. The summed E-state index contributed by atoms with van der Waals surface area (Å²) in [5.41, 5.74) is 1.66. The first-order chi connectivity index (χ1) is 9.08. The number of nitrogens with zero attached hydrogens (tertiary/aromatic N) is 1. The number of hydrogen-bond acceptors (Lipinski definition) is 3. The number of hydrogen-bond donors (Lipinski definition) is 1. The van der Waals surface area contributed by atoms with Crippen molar-refractivity contribution in [2.75, 3.05) is 18.5 Å². The van der Waals surface area contributed by atoms with Crippen LogP contribution < -0.4 is 10.2 Å². The standard InChI is InChI=1S/C14H15ClN2O2/c1-3-13(18)17-8-9(7-16-2)14(19)11-6-10(15)4-5-12(11)17/h4-7,16H,3,8H2,1-2H3/b9-7-. The third-order valence-corrected chi connectivity index (χ3v) is 3.27. The van der Waals surface area contributed by atoms with E-state index in [1.165, 1.54) is 0 Å². The number of benzene rings is 1. The Balaban J connectivity index is 2.56. The Morgan fingerprint density at radius 3 is 2.89 bits per heavy atom. The van der Waals surface area contributed by atoms with Crippen molar-refractivity contribution < 1.29 is 9.59 Å². The highest BCUT2D eigenvalue weighted by Crippen LogP contribution is 2.31. The Labute approximate surface area is 117 Å². The average Bonchev–Trinajstić information content (AvgIpc) is 2.41. The SMILES string of the molecule is CCC(=O)N1C/C(=C/NC)C(=O)c2cc(Cl)ccc21. The monoisotopic (exact) mass is 278 g/mol.